The van der Waals surface area contributed by atoms with Gasteiger partial charge in [-0.1, -0.05) is 18.2 Å². The molecule has 23 heavy (non-hydrogen) atoms. The normalized spacial score (nSPS) is 14.0. The van der Waals surface area contributed by atoms with Crippen LogP contribution in [0.1, 0.15) is 0 Å². The van der Waals surface area contributed by atoms with Crippen molar-refractivity contribution in [2.75, 3.05) is 10.1 Å². The maximum absolute atomic E-state index is 11.7. The number of thiol groups is 1. The van der Waals surface area contributed by atoms with Crippen molar-refractivity contribution in [3.05, 3.63) is 42.5 Å². The van der Waals surface area contributed by atoms with E-state index in [-0.39, 0.29) is 5.75 Å². The van der Waals surface area contributed by atoms with E-state index in [2.05, 4.69) is 12.6 Å². The van der Waals surface area contributed by atoms with Crippen molar-refractivity contribution in [3.8, 4) is 0 Å². The lowest BCUT2D eigenvalue weighted by atomic mass is 10.1. The van der Waals surface area contributed by atoms with Gasteiger partial charge in [0.2, 0.25) is 0 Å². The zero-order valence-electron chi connectivity index (χ0n) is 11.7. The van der Waals surface area contributed by atoms with Crippen LogP contribution in [0.15, 0.2) is 46.9 Å². The number of nitrogens with zero attached hydrogens (tertiary/aromatic N) is 1. The molecule has 1 aromatic heterocycles. The quantitative estimate of drug-likeness (QED) is 0.486. The molecule has 0 saturated carbocycles. The van der Waals surface area contributed by atoms with Gasteiger partial charge in [0, 0.05) is 16.5 Å². The fourth-order valence-corrected chi connectivity index (χ4v) is 3.59. The van der Waals surface area contributed by atoms with Crippen LogP contribution in [0.25, 0.3) is 21.9 Å². The molecule has 2 aromatic carbocycles. The van der Waals surface area contributed by atoms with Gasteiger partial charge >= 0.3 is 5.97 Å². The van der Waals surface area contributed by atoms with Crippen molar-refractivity contribution < 1.29 is 23.1 Å². The summed E-state index contributed by atoms with van der Waals surface area (Å²) in [5.41, 5.74) is 1.63. The molecule has 6 nitrogen and oxygen atoms in total. The molecule has 120 valence electrons. The Morgan fingerprint density at radius 1 is 1.22 bits per heavy atom. The fourth-order valence-electron chi connectivity index (χ4n) is 2.48. The Bertz CT molecular complexity index is 907. The SMILES string of the molecule is O=C(O)C(CS)N(c1ccc2oc3ccccc3c2c1)S(=O)O. The van der Waals surface area contributed by atoms with Crippen LogP contribution in [0.4, 0.5) is 5.69 Å². The highest BCUT2D eigenvalue weighted by Gasteiger charge is 2.29. The van der Waals surface area contributed by atoms with Crippen molar-refractivity contribution in [1.82, 2.24) is 0 Å². The van der Waals surface area contributed by atoms with Gasteiger partial charge in [-0.25, -0.2) is 9.00 Å². The van der Waals surface area contributed by atoms with Crippen LogP contribution in [-0.2, 0) is 16.1 Å². The standard InChI is InChI=1S/C15H13NO5S2/c17-15(18)12(8-22)16(23(19)20)9-5-6-14-11(7-9)10-3-1-2-4-13(10)21-14/h1-7,12,22H,8H2,(H,17,18)(H,19,20). The number of anilines is 1. The van der Waals surface area contributed by atoms with E-state index in [0.717, 1.165) is 15.1 Å². The van der Waals surface area contributed by atoms with Gasteiger partial charge in [-0.15, -0.1) is 0 Å². The van der Waals surface area contributed by atoms with Crippen LogP contribution in [0.5, 0.6) is 0 Å². The van der Waals surface area contributed by atoms with Crippen LogP contribution in [0.2, 0.25) is 0 Å². The number of carbonyl (C=O) groups is 1. The average Bonchev–Trinajstić information content (AvgIpc) is 2.89. The molecule has 1 heterocycles. The van der Waals surface area contributed by atoms with E-state index in [1.54, 1.807) is 18.2 Å². The van der Waals surface area contributed by atoms with Crippen molar-refractivity contribution in [2.45, 2.75) is 6.04 Å². The summed E-state index contributed by atoms with van der Waals surface area (Å²) in [5, 5.41) is 10.8. The summed E-state index contributed by atoms with van der Waals surface area (Å²) >= 11 is 1.48. The van der Waals surface area contributed by atoms with Gasteiger partial charge in [0.05, 0.1) is 5.69 Å². The molecule has 8 heteroatoms. The Labute approximate surface area is 139 Å². The summed E-state index contributed by atoms with van der Waals surface area (Å²) in [7, 11) is 0. The highest BCUT2D eigenvalue weighted by Crippen LogP contribution is 2.32. The highest BCUT2D eigenvalue weighted by atomic mass is 32.2. The van der Waals surface area contributed by atoms with Gasteiger partial charge in [-0.05, 0) is 24.3 Å². The van der Waals surface area contributed by atoms with E-state index in [1.807, 2.05) is 24.3 Å². The summed E-state index contributed by atoms with van der Waals surface area (Å²) < 4.78 is 27.8. The van der Waals surface area contributed by atoms with Crippen molar-refractivity contribution in [2.24, 2.45) is 0 Å². The number of hydrogen-bond donors (Lipinski definition) is 3. The molecule has 0 radical (unpaired) electrons. The van der Waals surface area contributed by atoms with Gasteiger partial charge in [0.1, 0.15) is 11.2 Å². The van der Waals surface area contributed by atoms with Crippen LogP contribution >= 0.6 is 12.6 Å². The fraction of sp³-hybridized carbons (Fsp3) is 0.133. The Kier molecular flexibility index (Phi) is 4.29. The second-order valence-corrected chi connectivity index (χ2v) is 6.09. The molecular weight excluding hydrogens is 338 g/mol. The Balaban J connectivity index is 2.18. The van der Waals surface area contributed by atoms with Crippen molar-refractivity contribution in [1.29, 1.82) is 0 Å². The number of furan rings is 1. The van der Waals surface area contributed by atoms with E-state index in [0.29, 0.717) is 16.9 Å². The van der Waals surface area contributed by atoms with Crippen LogP contribution in [0.3, 0.4) is 0 Å². The second-order valence-electron chi connectivity index (χ2n) is 4.87. The predicted molar refractivity (Wildman–Crippen MR) is 92.2 cm³/mol. The highest BCUT2D eigenvalue weighted by molar-refractivity contribution is 7.81. The van der Waals surface area contributed by atoms with E-state index in [9.17, 15) is 18.7 Å². The average molecular weight is 351 g/mol. The molecule has 0 spiro atoms. The maximum atomic E-state index is 11.7. The summed E-state index contributed by atoms with van der Waals surface area (Å²) in [6.45, 7) is 0. The van der Waals surface area contributed by atoms with Crippen LogP contribution in [0, 0.1) is 0 Å². The number of carboxylic acids is 1. The molecule has 0 aliphatic heterocycles. The summed E-state index contributed by atoms with van der Waals surface area (Å²) in [4.78, 5) is 11.3. The van der Waals surface area contributed by atoms with E-state index in [1.165, 1.54) is 0 Å². The minimum atomic E-state index is -2.50. The van der Waals surface area contributed by atoms with Gasteiger partial charge in [-0.3, -0.25) is 8.86 Å². The number of benzene rings is 2. The van der Waals surface area contributed by atoms with E-state index in [4.69, 9.17) is 4.42 Å². The summed E-state index contributed by atoms with van der Waals surface area (Å²) in [5.74, 6) is -1.33. The van der Waals surface area contributed by atoms with Gasteiger partial charge in [-0.2, -0.15) is 12.6 Å². The number of aliphatic carboxylic acids is 1. The van der Waals surface area contributed by atoms with Crippen molar-refractivity contribution in [3.63, 3.8) is 0 Å². The largest absolute Gasteiger partial charge is 0.480 e. The number of rotatable bonds is 5. The number of para-hydroxylation sites is 1. The molecular formula is C15H13NO5S2. The molecule has 0 bridgehead atoms. The molecule has 0 saturated heterocycles. The molecule has 2 atom stereocenters. The van der Waals surface area contributed by atoms with Gasteiger partial charge in [0.25, 0.3) is 11.3 Å². The molecule has 0 fully saturated rings. The van der Waals surface area contributed by atoms with Crippen LogP contribution < -0.4 is 4.31 Å². The Hall–Kier alpha value is -2.03. The first-order valence-corrected chi connectivity index (χ1v) is 8.37. The summed E-state index contributed by atoms with van der Waals surface area (Å²) in [6.07, 6.45) is 0. The summed E-state index contributed by atoms with van der Waals surface area (Å²) in [6, 6.07) is 11.0. The molecule has 0 aliphatic carbocycles. The lowest BCUT2D eigenvalue weighted by Crippen LogP contribution is -2.43. The first-order chi connectivity index (χ1) is 11.0. The molecule has 0 aliphatic rings. The molecule has 3 aromatic rings. The van der Waals surface area contributed by atoms with Crippen LogP contribution in [-0.4, -0.2) is 31.6 Å². The van der Waals surface area contributed by atoms with E-state index < -0.39 is 23.3 Å². The zero-order chi connectivity index (χ0) is 16.6. The Morgan fingerprint density at radius 2 is 1.91 bits per heavy atom. The third-order valence-corrected chi connectivity index (χ3v) is 4.67. The topological polar surface area (TPSA) is 91.0 Å². The molecule has 3 rings (SSSR count). The second kappa shape index (κ2) is 6.23. The molecule has 0 amide bonds. The van der Waals surface area contributed by atoms with Gasteiger partial charge in [0.15, 0.2) is 6.04 Å². The monoisotopic (exact) mass is 351 g/mol. The first kappa shape index (κ1) is 15.9. The number of fused-ring (bicyclic) bond motifs is 3. The third kappa shape index (κ3) is 2.80. The lowest BCUT2D eigenvalue weighted by Gasteiger charge is -2.25. The molecule has 2 N–H and O–H groups in total. The smallest absolute Gasteiger partial charge is 0.328 e. The molecule has 2 unspecified atom stereocenters. The lowest BCUT2D eigenvalue weighted by molar-refractivity contribution is -0.137. The predicted octanol–water partition coefficient (Wildman–Crippen LogP) is 2.91. The minimum Gasteiger partial charge on any atom is -0.480 e. The number of carboxylic acid groups (broad SMARTS) is 1. The first-order valence-electron chi connectivity index (χ1n) is 6.68. The van der Waals surface area contributed by atoms with Gasteiger partial charge < -0.3 is 9.52 Å². The minimum absolute atomic E-state index is 0.105. The zero-order valence-corrected chi connectivity index (χ0v) is 13.5. The number of hydrogen-bond acceptors (Lipinski definition) is 4. The third-order valence-electron chi connectivity index (χ3n) is 3.52. The Morgan fingerprint density at radius 3 is 2.57 bits per heavy atom. The van der Waals surface area contributed by atoms with Crippen molar-refractivity contribution >= 4 is 57.5 Å². The van der Waals surface area contributed by atoms with E-state index >= 15 is 0 Å². The maximum Gasteiger partial charge on any atom is 0.328 e.